The van der Waals surface area contributed by atoms with Gasteiger partial charge in [-0.15, -0.1) is 0 Å². The molecule has 0 aromatic rings. The first-order valence-electron chi connectivity index (χ1n) is 6.81. The van der Waals surface area contributed by atoms with Gasteiger partial charge < -0.3 is 20.2 Å². The molecule has 0 radical (unpaired) electrons. The fraction of sp³-hybridized carbons (Fsp3) is 0.692. The van der Waals surface area contributed by atoms with Crippen molar-refractivity contribution in [3.8, 4) is 0 Å². The number of carboxylic acid groups (broad SMARTS) is 1. The Balaban J connectivity index is 2.77. The molecule has 0 bridgehead atoms. The number of carbonyl (C=O) groups excluding carboxylic acids is 3. The van der Waals surface area contributed by atoms with Crippen LogP contribution in [-0.2, 0) is 19.2 Å². The average molecular weight is 299 g/mol. The van der Waals surface area contributed by atoms with E-state index in [1.165, 1.54) is 23.8 Å². The number of rotatable bonds is 4. The first kappa shape index (κ1) is 16.9. The average Bonchev–Trinajstić information content (AvgIpc) is 2.66. The Bertz CT molecular complexity index is 438. The van der Waals surface area contributed by atoms with Gasteiger partial charge in [0, 0.05) is 46.6 Å². The highest BCUT2D eigenvalue weighted by atomic mass is 16.4. The Kier molecular flexibility index (Phi) is 6.13. The molecule has 1 fully saturated rings. The van der Waals surface area contributed by atoms with E-state index < -0.39 is 11.9 Å². The van der Waals surface area contributed by atoms with Crippen LogP contribution in [0.25, 0.3) is 0 Å². The van der Waals surface area contributed by atoms with Gasteiger partial charge in [0.25, 0.3) is 0 Å². The summed E-state index contributed by atoms with van der Waals surface area (Å²) in [4.78, 5) is 48.9. The molecule has 0 spiro atoms. The maximum Gasteiger partial charge on any atom is 0.303 e. The lowest BCUT2D eigenvalue weighted by molar-refractivity contribution is -0.141. The molecule has 1 atom stereocenters. The second kappa shape index (κ2) is 7.61. The first-order chi connectivity index (χ1) is 9.85. The van der Waals surface area contributed by atoms with Crippen molar-refractivity contribution in [3.63, 3.8) is 0 Å². The van der Waals surface area contributed by atoms with E-state index in [0.717, 1.165) is 0 Å². The molecule has 1 aliphatic rings. The van der Waals surface area contributed by atoms with Crippen molar-refractivity contribution in [3.05, 3.63) is 0 Å². The van der Waals surface area contributed by atoms with Gasteiger partial charge in [-0.1, -0.05) is 0 Å². The van der Waals surface area contributed by atoms with Crippen LogP contribution in [-0.4, -0.2) is 71.8 Å². The molecule has 0 aromatic heterocycles. The lowest BCUT2D eigenvalue weighted by atomic mass is 10.1. The highest BCUT2D eigenvalue weighted by Crippen LogP contribution is 2.12. The maximum absolute atomic E-state index is 12.0. The molecule has 8 nitrogen and oxygen atoms in total. The number of hydrogen-bond acceptors (Lipinski definition) is 4. The standard InChI is InChI=1S/C13H21N3O5/c1-9(17)15-5-6-16(11(18)3-4-12(19)20)8-10(7-15)13(21)14-2/h10H,3-8H2,1-2H3,(H,14,21)(H,19,20). The molecule has 1 aliphatic heterocycles. The van der Waals surface area contributed by atoms with Gasteiger partial charge in [0.2, 0.25) is 17.7 Å². The third kappa shape index (κ3) is 5.05. The van der Waals surface area contributed by atoms with Gasteiger partial charge >= 0.3 is 5.97 Å². The predicted octanol–water partition coefficient (Wildman–Crippen LogP) is -1.10. The highest BCUT2D eigenvalue weighted by Gasteiger charge is 2.30. The van der Waals surface area contributed by atoms with Gasteiger partial charge in [-0.3, -0.25) is 19.2 Å². The molecule has 2 N–H and O–H groups in total. The van der Waals surface area contributed by atoms with Crippen LogP contribution in [0.15, 0.2) is 0 Å². The molecular weight excluding hydrogens is 278 g/mol. The Morgan fingerprint density at radius 1 is 1.10 bits per heavy atom. The van der Waals surface area contributed by atoms with Crippen molar-refractivity contribution < 1.29 is 24.3 Å². The monoisotopic (exact) mass is 299 g/mol. The van der Waals surface area contributed by atoms with Crippen LogP contribution in [0.3, 0.4) is 0 Å². The second-order valence-corrected chi connectivity index (χ2v) is 5.01. The number of amides is 3. The van der Waals surface area contributed by atoms with Crippen LogP contribution in [0.4, 0.5) is 0 Å². The lowest BCUT2D eigenvalue weighted by Gasteiger charge is -2.23. The fourth-order valence-electron chi connectivity index (χ4n) is 2.27. The predicted molar refractivity (Wildman–Crippen MR) is 73.3 cm³/mol. The van der Waals surface area contributed by atoms with Gasteiger partial charge in [-0.05, 0) is 0 Å². The molecule has 8 heteroatoms. The van der Waals surface area contributed by atoms with Crippen molar-refractivity contribution in [1.29, 1.82) is 0 Å². The van der Waals surface area contributed by atoms with E-state index in [-0.39, 0.29) is 43.7 Å². The van der Waals surface area contributed by atoms with E-state index in [1.54, 1.807) is 0 Å². The second-order valence-electron chi connectivity index (χ2n) is 5.01. The Morgan fingerprint density at radius 2 is 1.67 bits per heavy atom. The molecule has 118 valence electrons. The molecule has 21 heavy (non-hydrogen) atoms. The summed E-state index contributed by atoms with van der Waals surface area (Å²) in [6, 6.07) is 0. The summed E-state index contributed by atoms with van der Waals surface area (Å²) < 4.78 is 0. The number of carboxylic acids is 1. The highest BCUT2D eigenvalue weighted by molar-refractivity contribution is 5.83. The fourth-order valence-corrected chi connectivity index (χ4v) is 2.27. The molecule has 1 heterocycles. The topological polar surface area (TPSA) is 107 Å². The molecule has 3 amide bonds. The Hall–Kier alpha value is -2.12. The van der Waals surface area contributed by atoms with Crippen LogP contribution in [0.1, 0.15) is 19.8 Å². The molecule has 0 aliphatic carbocycles. The zero-order valence-electron chi connectivity index (χ0n) is 12.3. The Labute approximate surface area is 123 Å². The molecule has 0 aromatic carbocycles. The molecule has 0 saturated carbocycles. The summed E-state index contributed by atoms with van der Waals surface area (Å²) in [5.74, 6) is -2.24. The summed E-state index contributed by atoms with van der Waals surface area (Å²) in [5, 5.41) is 11.1. The minimum atomic E-state index is -1.04. The molecule has 1 unspecified atom stereocenters. The van der Waals surface area contributed by atoms with Crippen LogP contribution in [0, 0.1) is 5.92 Å². The first-order valence-corrected chi connectivity index (χ1v) is 6.81. The summed E-state index contributed by atoms with van der Waals surface area (Å²) >= 11 is 0. The number of aliphatic carboxylic acids is 1. The van der Waals surface area contributed by atoms with Crippen molar-refractivity contribution in [2.45, 2.75) is 19.8 Å². The van der Waals surface area contributed by atoms with Crippen LogP contribution < -0.4 is 5.32 Å². The SMILES string of the molecule is CNC(=O)C1CN(C(C)=O)CCN(C(=O)CCC(=O)O)C1. The van der Waals surface area contributed by atoms with E-state index in [4.69, 9.17) is 5.11 Å². The summed E-state index contributed by atoms with van der Waals surface area (Å²) in [5.41, 5.74) is 0. The van der Waals surface area contributed by atoms with Gasteiger partial charge in [-0.2, -0.15) is 0 Å². The number of nitrogens with zero attached hydrogens (tertiary/aromatic N) is 2. The number of nitrogens with one attached hydrogen (secondary N) is 1. The van der Waals surface area contributed by atoms with E-state index in [2.05, 4.69) is 5.32 Å². The van der Waals surface area contributed by atoms with Crippen LogP contribution in [0.2, 0.25) is 0 Å². The Morgan fingerprint density at radius 3 is 2.19 bits per heavy atom. The minimum absolute atomic E-state index is 0.101. The van der Waals surface area contributed by atoms with Crippen molar-refractivity contribution >= 4 is 23.7 Å². The molecule has 1 rings (SSSR count). The van der Waals surface area contributed by atoms with Gasteiger partial charge in [0.05, 0.1) is 12.3 Å². The zero-order chi connectivity index (χ0) is 16.0. The number of carbonyl (C=O) groups is 4. The van der Waals surface area contributed by atoms with Crippen molar-refractivity contribution in [1.82, 2.24) is 15.1 Å². The molecule has 1 saturated heterocycles. The van der Waals surface area contributed by atoms with Crippen LogP contribution >= 0.6 is 0 Å². The third-order valence-corrected chi connectivity index (χ3v) is 3.49. The van der Waals surface area contributed by atoms with Crippen LogP contribution in [0.5, 0.6) is 0 Å². The summed E-state index contributed by atoms with van der Waals surface area (Å²) in [6.07, 6.45) is -0.341. The van der Waals surface area contributed by atoms with E-state index in [1.807, 2.05) is 0 Å². The van der Waals surface area contributed by atoms with Gasteiger partial charge in [0.15, 0.2) is 0 Å². The van der Waals surface area contributed by atoms with E-state index >= 15 is 0 Å². The van der Waals surface area contributed by atoms with Gasteiger partial charge in [0.1, 0.15) is 0 Å². The quantitative estimate of drug-likeness (QED) is 0.685. The normalized spacial score (nSPS) is 18.9. The summed E-state index contributed by atoms with van der Waals surface area (Å²) in [6.45, 7) is 2.54. The van der Waals surface area contributed by atoms with E-state index in [9.17, 15) is 19.2 Å². The van der Waals surface area contributed by atoms with E-state index in [0.29, 0.717) is 13.1 Å². The molecular formula is C13H21N3O5. The lowest BCUT2D eigenvalue weighted by Crippen LogP contribution is -2.42. The maximum atomic E-state index is 12.0. The third-order valence-electron chi connectivity index (χ3n) is 3.49. The zero-order valence-corrected chi connectivity index (χ0v) is 12.3. The largest absolute Gasteiger partial charge is 0.481 e. The minimum Gasteiger partial charge on any atom is -0.481 e. The van der Waals surface area contributed by atoms with Gasteiger partial charge in [-0.25, -0.2) is 0 Å². The number of hydrogen-bond donors (Lipinski definition) is 2. The van der Waals surface area contributed by atoms with Crippen molar-refractivity contribution in [2.75, 3.05) is 33.2 Å². The van der Waals surface area contributed by atoms with Crippen molar-refractivity contribution in [2.24, 2.45) is 5.92 Å². The summed E-state index contributed by atoms with van der Waals surface area (Å²) in [7, 11) is 1.50. The smallest absolute Gasteiger partial charge is 0.303 e.